The van der Waals surface area contributed by atoms with Gasteiger partial charge in [0.25, 0.3) is 0 Å². The van der Waals surface area contributed by atoms with Gasteiger partial charge in [-0.25, -0.2) is 0 Å². The van der Waals surface area contributed by atoms with Crippen molar-refractivity contribution in [1.29, 1.82) is 0 Å². The van der Waals surface area contributed by atoms with Gasteiger partial charge >= 0.3 is 0 Å². The molecule has 1 atom stereocenters. The maximum absolute atomic E-state index is 9.91. The highest BCUT2D eigenvalue weighted by molar-refractivity contribution is 5.56. The highest BCUT2D eigenvalue weighted by atomic mass is 16.3. The summed E-state index contributed by atoms with van der Waals surface area (Å²) in [4.78, 5) is 2.34. The van der Waals surface area contributed by atoms with Crippen LogP contribution < -0.4 is 4.90 Å². The van der Waals surface area contributed by atoms with Crippen LogP contribution in [0.1, 0.15) is 31.4 Å². The third-order valence-corrected chi connectivity index (χ3v) is 3.12. The van der Waals surface area contributed by atoms with Crippen LogP contribution in [0.25, 0.3) is 0 Å². The third kappa shape index (κ3) is 2.27. The van der Waals surface area contributed by atoms with Crippen LogP contribution in [0.5, 0.6) is 0 Å². The lowest BCUT2D eigenvalue weighted by molar-refractivity contribution is 0.164. The topological polar surface area (TPSA) is 23.5 Å². The average molecular weight is 217 g/mol. The first-order chi connectivity index (χ1) is 7.68. The number of anilines is 1. The number of nitrogens with zero attached hydrogens (tertiary/aromatic N) is 1. The zero-order valence-electron chi connectivity index (χ0n) is 9.82. The van der Waals surface area contributed by atoms with Crippen molar-refractivity contribution in [2.45, 2.75) is 25.9 Å². The molecule has 1 unspecified atom stereocenters. The van der Waals surface area contributed by atoms with Crippen LogP contribution in [0.2, 0.25) is 0 Å². The molecule has 0 saturated heterocycles. The first-order valence-corrected chi connectivity index (χ1v) is 5.85. The first kappa shape index (κ1) is 11.2. The van der Waals surface area contributed by atoms with Crippen molar-refractivity contribution >= 4 is 5.69 Å². The van der Waals surface area contributed by atoms with Gasteiger partial charge in [-0.2, -0.15) is 0 Å². The van der Waals surface area contributed by atoms with Crippen molar-refractivity contribution < 1.29 is 5.11 Å². The van der Waals surface area contributed by atoms with Gasteiger partial charge in [0.15, 0.2) is 0 Å². The predicted octanol–water partition coefficient (Wildman–Crippen LogP) is 2.90. The van der Waals surface area contributed by atoms with E-state index in [-0.39, 0.29) is 6.10 Å². The Morgan fingerprint density at radius 2 is 2.25 bits per heavy atom. The number of hydrogen-bond donors (Lipinski definition) is 1. The lowest BCUT2D eigenvalue weighted by atomic mass is 9.98. The van der Waals surface area contributed by atoms with E-state index in [1.807, 2.05) is 18.2 Å². The Kier molecular flexibility index (Phi) is 3.30. The number of rotatable bonds is 3. The zero-order valence-corrected chi connectivity index (χ0v) is 9.82. The van der Waals surface area contributed by atoms with Gasteiger partial charge in [0.1, 0.15) is 0 Å². The molecule has 0 spiro atoms. The molecule has 1 N–H and O–H groups in total. The highest BCUT2D eigenvalue weighted by Crippen LogP contribution is 2.33. The summed E-state index contributed by atoms with van der Waals surface area (Å²) in [5.41, 5.74) is 3.46. The summed E-state index contributed by atoms with van der Waals surface area (Å²) in [6, 6.07) is 8.14. The molecule has 0 bridgehead atoms. The number of aliphatic hydroxyl groups is 1. The third-order valence-electron chi connectivity index (χ3n) is 3.12. The number of aliphatic hydroxyl groups excluding tert-OH is 1. The van der Waals surface area contributed by atoms with Crippen LogP contribution in [-0.4, -0.2) is 18.2 Å². The predicted molar refractivity (Wildman–Crippen MR) is 67.7 cm³/mol. The van der Waals surface area contributed by atoms with E-state index in [9.17, 15) is 5.11 Å². The Morgan fingerprint density at radius 1 is 1.50 bits per heavy atom. The van der Waals surface area contributed by atoms with Gasteiger partial charge in [-0.15, -0.1) is 6.58 Å². The molecule has 0 aliphatic carbocycles. The van der Waals surface area contributed by atoms with Crippen molar-refractivity contribution in [2.75, 3.05) is 18.0 Å². The summed E-state index contributed by atoms with van der Waals surface area (Å²) in [6.07, 6.45) is 1.55. The quantitative estimate of drug-likeness (QED) is 0.787. The summed E-state index contributed by atoms with van der Waals surface area (Å²) in [5, 5.41) is 9.91. The fraction of sp³-hybridized carbons (Fsp3) is 0.429. The number of fused-ring (bicyclic) bond motifs is 1. The molecule has 16 heavy (non-hydrogen) atoms. The molecule has 2 rings (SSSR count). The second-order valence-electron chi connectivity index (χ2n) is 4.56. The molecule has 0 saturated carbocycles. The van der Waals surface area contributed by atoms with E-state index in [1.54, 1.807) is 0 Å². The summed E-state index contributed by atoms with van der Waals surface area (Å²) < 4.78 is 0. The molecule has 2 heteroatoms. The van der Waals surface area contributed by atoms with E-state index in [0.29, 0.717) is 0 Å². The number of para-hydroxylation sites is 1. The molecule has 86 valence electrons. The van der Waals surface area contributed by atoms with Crippen LogP contribution in [-0.2, 0) is 0 Å². The van der Waals surface area contributed by atoms with Crippen LogP contribution in [0.15, 0.2) is 36.4 Å². The van der Waals surface area contributed by atoms with Gasteiger partial charge in [-0.05, 0) is 25.8 Å². The first-order valence-electron chi connectivity index (χ1n) is 5.85. The molecule has 1 aliphatic rings. The van der Waals surface area contributed by atoms with Crippen LogP contribution in [0.4, 0.5) is 5.69 Å². The molecular weight excluding hydrogens is 198 g/mol. The molecule has 0 amide bonds. The fourth-order valence-corrected chi connectivity index (χ4v) is 2.17. The van der Waals surface area contributed by atoms with E-state index >= 15 is 0 Å². The number of benzene rings is 1. The van der Waals surface area contributed by atoms with E-state index < -0.39 is 0 Å². The Balaban J connectivity index is 2.18. The smallest absolute Gasteiger partial charge is 0.0826 e. The molecule has 1 aliphatic heterocycles. The van der Waals surface area contributed by atoms with Crippen molar-refractivity contribution in [3.05, 3.63) is 42.0 Å². The monoisotopic (exact) mass is 217 g/mol. The molecule has 1 heterocycles. The van der Waals surface area contributed by atoms with E-state index in [4.69, 9.17) is 0 Å². The Morgan fingerprint density at radius 3 is 3.00 bits per heavy atom. The lowest BCUT2D eigenvalue weighted by Gasteiger charge is -2.33. The SMILES string of the molecule is C=C(C)CCN1CCC(O)c2ccccc21. The maximum atomic E-state index is 9.91. The van der Waals surface area contributed by atoms with Crippen LogP contribution >= 0.6 is 0 Å². The minimum absolute atomic E-state index is 0.294. The summed E-state index contributed by atoms with van der Waals surface area (Å²) >= 11 is 0. The molecule has 1 aromatic rings. The molecule has 0 aromatic heterocycles. The van der Waals surface area contributed by atoms with Crippen molar-refractivity contribution in [2.24, 2.45) is 0 Å². The second-order valence-corrected chi connectivity index (χ2v) is 4.56. The van der Waals surface area contributed by atoms with Crippen molar-refractivity contribution in [3.8, 4) is 0 Å². The maximum Gasteiger partial charge on any atom is 0.0826 e. The molecule has 0 fully saturated rings. The van der Waals surface area contributed by atoms with Crippen molar-refractivity contribution in [1.82, 2.24) is 0 Å². The average Bonchev–Trinajstić information content (AvgIpc) is 2.28. The summed E-state index contributed by atoms with van der Waals surface area (Å²) in [5.74, 6) is 0. The lowest BCUT2D eigenvalue weighted by Crippen LogP contribution is -2.32. The highest BCUT2D eigenvalue weighted by Gasteiger charge is 2.22. The van der Waals surface area contributed by atoms with Gasteiger partial charge < -0.3 is 10.0 Å². The van der Waals surface area contributed by atoms with Crippen LogP contribution in [0, 0.1) is 0 Å². The molecule has 1 aromatic carbocycles. The minimum Gasteiger partial charge on any atom is -0.388 e. The van der Waals surface area contributed by atoms with Gasteiger partial charge in [0, 0.05) is 24.3 Å². The van der Waals surface area contributed by atoms with Gasteiger partial charge in [0.2, 0.25) is 0 Å². The second kappa shape index (κ2) is 4.71. The zero-order chi connectivity index (χ0) is 11.5. The Hall–Kier alpha value is -1.28. The van der Waals surface area contributed by atoms with Crippen molar-refractivity contribution in [3.63, 3.8) is 0 Å². The summed E-state index contributed by atoms with van der Waals surface area (Å²) in [7, 11) is 0. The number of hydrogen-bond acceptors (Lipinski definition) is 2. The normalized spacial score (nSPS) is 19.4. The largest absolute Gasteiger partial charge is 0.388 e. The van der Waals surface area contributed by atoms with E-state index in [1.165, 1.54) is 11.3 Å². The molecular formula is C14H19NO. The van der Waals surface area contributed by atoms with E-state index in [0.717, 1.165) is 31.5 Å². The standard InChI is InChI=1S/C14H19NO/c1-11(2)7-9-15-10-8-14(16)12-5-3-4-6-13(12)15/h3-6,14,16H,1,7-10H2,2H3. The van der Waals surface area contributed by atoms with E-state index in [2.05, 4.69) is 24.5 Å². The molecule has 2 nitrogen and oxygen atoms in total. The Bertz CT molecular complexity index is 386. The minimum atomic E-state index is -0.294. The van der Waals surface area contributed by atoms with Gasteiger partial charge in [-0.3, -0.25) is 0 Å². The summed E-state index contributed by atoms with van der Waals surface area (Å²) in [6.45, 7) is 7.93. The Labute approximate surface area is 97.2 Å². The van der Waals surface area contributed by atoms with Gasteiger partial charge in [-0.1, -0.05) is 23.8 Å². The van der Waals surface area contributed by atoms with Crippen LogP contribution in [0.3, 0.4) is 0 Å². The van der Waals surface area contributed by atoms with Gasteiger partial charge in [0.05, 0.1) is 6.10 Å². The molecule has 0 radical (unpaired) electrons. The fourth-order valence-electron chi connectivity index (χ4n) is 2.17.